The number of halogens is 1. The lowest BCUT2D eigenvalue weighted by Gasteiger charge is -2.01. The second-order valence-corrected chi connectivity index (χ2v) is 4.28. The zero-order valence-corrected chi connectivity index (χ0v) is 9.84. The van der Waals surface area contributed by atoms with E-state index in [1.807, 2.05) is 0 Å². The van der Waals surface area contributed by atoms with Gasteiger partial charge < -0.3 is 5.73 Å². The normalized spacial score (nSPS) is 10.4. The van der Waals surface area contributed by atoms with E-state index in [1.165, 1.54) is 17.5 Å². The molecule has 2 aromatic rings. The largest absolute Gasteiger partial charge is 0.365 e. The molecule has 0 unspecified atom stereocenters. The first kappa shape index (κ1) is 11.0. The maximum atomic E-state index is 11.0. The van der Waals surface area contributed by atoms with Gasteiger partial charge in [0.1, 0.15) is 5.15 Å². The van der Waals surface area contributed by atoms with Crippen molar-refractivity contribution in [3.63, 3.8) is 0 Å². The molecule has 0 aromatic carbocycles. The molecule has 0 aliphatic carbocycles. The molecule has 16 heavy (non-hydrogen) atoms. The van der Waals surface area contributed by atoms with Crippen molar-refractivity contribution in [2.75, 3.05) is 0 Å². The van der Waals surface area contributed by atoms with Crippen molar-refractivity contribution in [2.24, 2.45) is 5.73 Å². The Labute approximate surface area is 100 Å². The molecule has 0 radical (unpaired) electrons. The minimum Gasteiger partial charge on any atom is -0.365 e. The Balaban J connectivity index is 2.45. The van der Waals surface area contributed by atoms with Crippen LogP contribution < -0.4 is 5.73 Å². The van der Waals surface area contributed by atoms with Crippen molar-refractivity contribution in [1.29, 1.82) is 0 Å². The van der Waals surface area contributed by atoms with Crippen LogP contribution in [0, 0.1) is 6.92 Å². The molecular weight excluding hydrogens is 248 g/mol. The maximum absolute atomic E-state index is 11.0. The van der Waals surface area contributed by atoms with Crippen LogP contribution in [0.3, 0.4) is 0 Å². The number of nitrogens with two attached hydrogens (primary N) is 1. The number of thiazole rings is 1. The number of aromatic nitrogens is 3. The Hall–Kier alpha value is -1.53. The first-order valence-electron chi connectivity index (χ1n) is 4.33. The summed E-state index contributed by atoms with van der Waals surface area (Å²) in [6, 6.07) is 0. The molecule has 2 N–H and O–H groups in total. The van der Waals surface area contributed by atoms with Crippen LogP contribution in [-0.2, 0) is 0 Å². The number of carbonyl (C=O) groups is 1. The van der Waals surface area contributed by atoms with Gasteiger partial charge >= 0.3 is 0 Å². The van der Waals surface area contributed by atoms with Crippen LogP contribution in [0.1, 0.15) is 16.1 Å². The van der Waals surface area contributed by atoms with Crippen molar-refractivity contribution in [3.05, 3.63) is 28.0 Å². The predicted molar refractivity (Wildman–Crippen MR) is 61.4 cm³/mol. The summed E-state index contributed by atoms with van der Waals surface area (Å²) < 4.78 is 0. The van der Waals surface area contributed by atoms with E-state index in [0.29, 0.717) is 27.2 Å². The zero-order chi connectivity index (χ0) is 11.7. The Morgan fingerprint density at radius 1 is 1.50 bits per heavy atom. The highest BCUT2D eigenvalue weighted by Gasteiger charge is 2.11. The number of hydrogen-bond donors (Lipinski definition) is 1. The number of nitrogens with zero attached hydrogens (tertiary/aromatic N) is 3. The summed E-state index contributed by atoms with van der Waals surface area (Å²) in [5.74, 6) is -0.0966. The van der Waals surface area contributed by atoms with Crippen molar-refractivity contribution >= 4 is 28.8 Å². The molecule has 1 amide bonds. The van der Waals surface area contributed by atoms with Crippen LogP contribution >= 0.6 is 22.9 Å². The smallest absolute Gasteiger partial charge is 0.252 e. The van der Waals surface area contributed by atoms with Gasteiger partial charge in [0, 0.05) is 11.6 Å². The molecule has 2 heterocycles. The summed E-state index contributed by atoms with van der Waals surface area (Å²) in [6.45, 7) is 1.69. The Kier molecular flexibility index (Phi) is 2.84. The fourth-order valence-corrected chi connectivity index (χ4v) is 2.05. The molecule has 7 heteroatoms. The number of carbonyl (C=O) groups excluding carboxylic acids is 1. The molecule has 0 fully saturated rings. The Bertz CT molecular complexity index is 554. The van der Waals surface area contributed by atoms with Crippen LogP contribution in [0.25, 0.3) is 10.8 Å². The molecule has 2 aromatic heterocycles. The minimum atomic E-state index is -0.541. The summed E-state index contributed by atoms with van der Waals surface area (Å²) >= 11 is 7.04. The van der Waals surface area contributed by atoms with Gasteiger partial charge in [-0.15, -0.1) is 11.3 Å². The van der Waals surface area contributed by atoms with Gasteiger partial charge in [-0.2, -0.15) is 0 Å². The second kappa shape index (κ2) is 4.15. The number of aryl methyl sites for hydroxylation is 1. The number of rotatable bonds is 2. The lowest BCUT2D eigenvalue weighted by atomic mass is 10.2. The van der Waals surface area contributed by atoms with E-state index in [2.05, 4.69) is 15.0 Å². The molecule has 0 spiro atoms. The van der Waals surface area contributed by atoms with Crippen LogP contribution in [0.2, 0.25) is 5.15 Å². The molecular formula is C9H7ClN4OS. The van der Waals surface area contributed by atoms with E-state index in [4.69, 9.17) is 17.3 Å². The minimum absolute atomic E-state index is 0.311. The molecule has 0 saturated carbocycles. The molecule has 0 aliphatic heterocycles. The summed E-state index contributed by atoms with van der Waals surface area (Å²) in [6.07, 6.45) is 1.40. The number of amides is 1. The third kappa shape index (κ3) is 2.02. The van der Waals surface area contributed by atoms with Gasteiger partial charge in [-0.05, 0) is 6.92 Å². The average Bonchev–Trinajstić information content (AvgIpc) is 2.64. The lowest BCUT2D eigenvalue weighted by molar-refractivity contribution is 0.0999. The van der Waals surface area contributed by atoms with Gasteiger partial charge in [0.05, 0.1) is 11.3 Å². The van der Waals surface area contributed by atoms with E-state index in [0.717, 1.165) is 0 Å². The highest BCUT2D eigenvalue weighted by Crippen LogP contribution is 2.23. The van der Waals surface area contributed by atoms with Crippen LogP contribution in [0.15, 0.2) is 11.6 Å². The summed E-state index contributed by atoms with van der Waals surface area (Å²) in [5.41, 5.74) is 6.00. The third-order valence-corrected chi connectivity index (χ3v) is 3.07. The maximum Gasteiger partial charge on any atom is 0.252 e. The molecule has 0 aliphatic rings. The van der Waals surface area contributed by atoms with Crippen molar-refractivity contribution in [1.82, 2.24) is 15.0 Å². The molecule has 0 bridgehead atoms. The summed E-state index contributed by atoms with van der Waals surface area (Å²) in [4.78, 5) is 23.2. The van der Waals surface area contributed by atoms with Gasteiger partial charge in [0.2, 0.25) is 0 Å². The second-order valence-electron chi connectivity index (χ2n) is 3.03. The molecule has 0 atom stereocenters. The van der Waals surface area contributed by atoms with Gasteiger partial charge in [-0.1, -0.05) is 11.6 Å². The van der Waals surface area contributed by atoms with E-state index in [1.54, 1.807) is 12.3 Å². The first-order valence-corrected chi connectivity index (χ1v) is 5.58. The lowest BCUT2D eigenvalue weighted by Crippen LogP contribution is -2.14. The predicted octanol–water partition coefficient (Wildman–Crippen LogP) is 1.66. The highest BCUT2D eigenvalue weighted by molar-refractivity contribution is 7.13. The molecule has 5 nitrogen and oxygen atoms in total. The highest BCUT2D eigenvalue weighted by atomic mass is 35.5. The average molecular weight is 255 g/mol. The summed E-state index contributed by atoms with van der Waals surface area (Å²) in [5, 5.41) is 2.71. The van der Waals surface area contributed by atoms with E-state index in [-0.39, 0.29) is 0 Å². The SMILES string of the molecule is Cc1nc(-c2nc(Cl)cs2)ncc1C(N)=O. The monoisotopic (exact) mass is 254 g/mol. The zero-order valence-electron chi connectivity index (χ0n) is 8.27. The van der Waals surface area contributed by atoms with Crippen molar-refractivity contribution in [2.45, 2.75) is 6.92 Å². The Morgan fingerprint density at radius 3 is 2.75 bits per heavy atom. The van der Waals surface area contributed by atoms with Gasteiger partial charge in [0.15, 0.2) is 10.8 Å². The quantitative estimate of drug-likeness (QED) is 0.884. The fourth-order valence-electron chi connectivity index (χ4n) is 1.17. The Morgan fingerprint density at radius 2 is 2.25 bits per heavy atom. The third-order valence-electron chi connectivity index (χ3n) is 1.91. The van der Waals surface area contributed by atoms with Gasteiger partial charge in [-0.3, -0.25) is 4.79 Å². The fraction of sp³-hybridized carbons (Fsp3) is 0.111. The van der Waals surface area contributed by atoms with E-state index in [9.17, 15) is 4.79 Å². The van der Waals surface area contributed by atoms with Crippen LogP contribution in [0.4, 0.5) is 0 Å². The van der Waals surface area contributed by atoms with Crippen molar-refractivity contribution in [3.8, 4) is 10.8 Å². The number of hydrogen-bond acceptors (Lipinski definition) is 5. The van der Waals surface area contributed by atoms with Crippen molar-refractivity contribution < 1.29 is 4.79 Å². The standard InChI is InChI=1S/C9H7ClN4OS/c1-4-5(7(11)15)2-12-8(13-4)9-14-6(10)3-16-9/h2-3H,1H3,(H2,11,15). The van der Waals surface area contributed by atoms with Gasteiger partial charge in [-0.25, -0.2) is 15.0 Å². The topological polar surface area (TPSA) is 81.8 Å². The first-order chi connectivity index (χ1) is 7.58. The molecule has 2 rings (SSSR count). The number of primary amides is 1. The molecule has 82 valence electrons. The van der Waals surface area contributed by atoms with Gasteiger partial charge in [0.25, 0.3) is 5.91 Å². The van der Waals surface area contributed by atoms with Crippen LogP contribution in [-0.4, -0.2) is 20.9 Å². The van der Waals surface area contributed by atoms with E-state index < -0.39 is 5.91 Å². The summed E-state index contributed by atoms with van der Waals surface area (Å²) in [7, 11) is 0. The van der Waals surface area contributed by atoms with E-state index >= 15 is 0 Å². The van der Waals surface area contributed by atoms with Crippen LogP contribution in [0.5, 0.6) is 0 Å². The molecule has 0 saturated heterocycles.